The first kappa shape index (κ1) is 16.0. The molecule has 0 fully saturated rings. The lowest BCUT2D eigenvalue weighted by Gasteiger charge is -2.08. The Balaban J connectivity index is 1.55. The number of nitrogens with zero attached hydrogens (tertiary/aromatic N) is 5. The summed E-state index contributed by atoms with van der Waals surface area (Å²) in [6.45, 7) is 1.22. The van der Waals surface area contributed by atoms with Crippen LogP contribution in [0.4, 0.5) is 24.8 Å². The largest absolute Gasteiger partial charge is 0.453 e. The SMILES string of the molecule is FC(F)(F)c1nnc2ccc(NCCCNc3ccccn3)nn12. The predicted molar refractivity (Wildman–Crippen MR) is 81.6 cm³/mol. The van der Waals surface area contributed by atoms with Crippen LogP contribution in [0.5, 0.6) is 0 Å². The minimum absolute atomic E-state index is 0.0460. The highest BCUT2D eigenvalue weighted by Crippen LogP contribution is 2.27. The van der Waals surface area contributed by atoms with Gasteiger partial charge in [-0.2, -0.15) is 17.7 Å². The van der Waals surface area contributed by atoms with Crippen LogP contribution in [0.1, 0.15) is 12.2 Å². The monoisotopic (exact) mass is 337 g/mol. The Morgan fingerprint density at radius 1 is 0.958 bits per heavy atom. The Hall–Kier alpha value is -2.91. The molecule has 10 heteroatoms. The van der Waals surface area contributed by atoms with Gasteiger partial charge in [-0.25, -0.2) is 4.98 Å². The number of halogens is 3. The zero-order chi connectivity index (χ0) is 17.0. The molecule has 0 radical (unpaired) electrons. The fraction of sp³-hybridized carbons (Fsp3) is 0.286. The minimum atomic E-state index is -4.60. The maximum atomic E-state index is 12.8. The van der Waals surface area contributed by atoms with Crippen molar-refractivity contribution in [2.24, 2.45) is 0 Å². The van der Waals surface area contributed by atoms with Crippen molar-refractivity contribution in [1.82, 2.24) is 24.8 Å². The molecule has 0 aromatic carbocycles. The number of anilines is 2. The molecule has 0 saturated carbocycles. The van der Waals surface area contributed by atoms with Gasteiger partial charge in [0.15, 0.2) is 5.65 Å². The van der Waals surface area contributed by atoms with Crippen LogP contribution >= 0.6 is 0 Å². The van der Waals surface area contributed by atoms with Gasteiger partial charge in [-0.3, -0.25) is 0 Å². The van der Waals surface area contributed by atoms with E-state index in [4.69, 9.17) is 0 Å². The van der Waals surface area contributed by atoms with Crippen molar-refractivity contribution in [3.63, 3.8) is 0 Å². The molecule has 2 N–H and O–H groups in total. The van der Waals surface area contributed by atoms with Crippen LogP contribution in [0.25, 0.3) is 5.65 Å². The summed E-state index contributed by atoms with van der Waals surface area (Å²) in [5.74, 6) is -0.0417. The maximum absolute atomic E-state index is 12.8. The lowest BCUT2D eigenvalue weighted by atomic mass is 10.4. The molecule has 0 aliphatic heterocycles. The first-order valence-corrected chi connectivity index (χ1v) is 7.22. The summed E-state index contributed by atoms with van der Waals surface area (Å²) in [6.07, 6.45) is -2.17. The fourth-order valence-electron chi connectivity index (χ4n) is 2.05. The number of rotatable bonds is 6. The molecule has 0 bridgehead atoms. The molecule has 0 saturated heterocycles. The van der Waals surface area contributed by atoms with Gasteiger partial charge in [0.2, 0.25) is 0 Å². The van der Waals surface area contributed by atoms with Crippen molar-refractivity contribution in [2.45, 2.75) is 12.6 Å². The van der Waals surface area contributed by atoms with E-state index in [0.29, 0.717) is 23.4 Å². The third-order valence-corrected chi connectivity index (χ3v) is 3.15. The van der Waals surface area contributed by atoms with E-state index in [0.717, 1.165) is 12.2 Å². The van der Waals surface area contributed by atoms with Gasteiger partial charge >= 0.3 is 6.18 Å². The van der Waals surface area contributed by atoms with Crippen LogP contribution in [0.2, 0.25) is 0 Å². The second kappa shape index (κ2) is 6.69. The average molecular weight is 337 g/mol. The molecule has 0 amide bonds. The third-order valence-electron chi connectivity index (χ3n) is 3.15. The molecule has 3 aromatic rings. The molecule has 0 aliphatic carbocycles. The van der Waals surface area contributed by atoms with Gasteiger partial charge in [0.05, 0.1) is 0 Å². The minimum Gasteiger partial charge on any atom is -0.370 e. The van der Waals surface area contributed by atoms with E-state index in [1.54, 1.807) is 12.3 Å². The lowest BCUT2D eigenvalue weighted by molar-refractivity contribution is -0.146. The number of alkyl halides is 3. The van der Waals surface area contributed by atoms with E-state index >= 15 is 0 Å². The summed E-state index contributed by atoms with van der Waals surface area (Å²) in [6, 6.07) is 8.56. The van der Waals surface area contributed by atoms with Gasteiger partial charge in [0.1, 0.15) is 11.6 Å². The zero-order valence-corrected chi connectivity index (χ0v) is 12.5. The highest BCUT2D eigenvalue weighted by atomic mass is 19.4. The summed E-state index contributed by atoms with van der Waals surface area (Å²) in [7, 11) is 0. The van der Waals surface area contributed by atoms with Crippen LogP contribution in [-0.4, -0.2) is 37.9 Å². The Kier molecular flexibility index (Phi) is 4.45. The Morgan fingerprint density at radius 2 is 1.75 bits per heavy atom. The average Bonchev–Trinajstić information content (AvgIpc) is 2.99. The lowest BCUT2D eigenvalue weighted by Crippen LogP contribution is -2.14. The second-order valence-electron chi connectivity index (χ2n) is 4.93. The van der Waals surface area contributed by atoms with Crippen LogP contribution in [0.15, 0.2) is 36.5 Å². The zero-order valence-electron chi connectivity index (χ0n) is 12.5. The smallest absolute Gasteiger partial charge is 0.370 e. The number of hydrogen-bond donors (Lipinski definition) is 2. The van der Waals surface area contributed by atoms with Gasteiger partial charge in [0, 0.05) is 19.3 Å². The van der Waals surface area contributed by atoms with Crippen LogP contribution < -0.4 is 10.6 Å². The fourth-order valence-corrected chi connectivity index (χ4v) is 2.05. The molecule has 24 heavy (non-hydrogen) atoms. The summed E-state index contributed by atoms with van der Waals surface area (Å²) in [5, 5.41) is 16.6. The van der Waals surface area contributed by atoms with Crippen LogP contribution in [0, 0.1) is 0 Å². The quantitative estimate of drug-likeness (QED) is 0.673. The Bertz CT molecular complexity index is 801. The van der Waals surface area contributed by atoms with E-state index in [1.165, 1.54) is 6.07 Å². The molecular weight excluding hydrogens is 323 g/mol. The molecule has 3 aromatic heterocycles. The number of pyridine rings is 1. The highest BCUT2D eigenvalue weighted by molar-refractivity contribution is 5.44. The van der Waals surface area contributed by atoms with Crippen molar-refractivity contribution in [3.8, 4) is 0 Å². The number of hydrogen-bond acceptors (Lipinski definition) is 6. The summed E-state index contributed by atoms with van der Waals surface area (Å²) >= 11 is 0. The van der Waals surface area contributed by atoms with E-state index in [1.807, 2.05) is 18.2 Å². The number of nitrogens with one attached hydrogen (secondary N) is 2. The first-order chi connectivity index (χ1) is 11.5. The molecule has 0 atom stereocenters. The normalized spacial score (nSPS) is 11.6. The first-order valence-electron chi connectivity index (χ1n) is 7.22. The van der Waals surface area contributed by atoms with E-state index in [-0.39, 0.29) is 5.65 Å². The maximum Gasteiger partial charge on any atom is 0.453 e. The van der Waals surface area contributed by atoms with E-state index < -0.39 is 12.0 Å². The Morgan fingerprint density at radius 3 is 2.46 bits per heavy atom. The molecule has 7 nitrogen and oxygen atoms in total. The van der Waals surface area contributed by atoms with Crippen LogP contribution in [-0.2, 0) is 6.18 Å². The van der Waals surface area contributed by atoms with Crippen molar-refractivity contribution in [3.05, 3.63) is 42.4 Å². The molecule has 3 heterocycles. The summed E-state index contributed by atoms with van der Waals surface area (Å²) < 4.78 is 39.1. The molecule has 0 aliphatic rings. The second-order valence-corrected chi connectivity index (χ2v) is 4.93. The van der Waals surface area contributed by atoms with E-state index in [9.17, 15) is 13.2 Å². The third kappa shape index (κ3) is 3.70. The van der Waals surface area contributed by atoms with Gasteiger partial charge in [-0.05, 0) is 30.7 Å². The molecule has 0 spiro atoms. The molecule has 3 rings (SSSR count). The number of aromatic nitrogens is 5. The standard InChI is InChI=1S/C14H14F3N7/c15-14(16,17)13-22-21-12-6-5-11(23-24(12)13)20-9-3-8-19-10-4-1-2-7-18-10/h1-2,4-7H,3,8-9H2,(H,18,19)(H,20,23). The van der Waals surface area contributed by atoms with Gasteiger partial charge in [-0.1, -0.05) is 6.07 Å². The number of fused-ring (bicyclic) bond motifs is 1. The molecule has 0 unspecified atom stereocenters. The van der Waals surface area contributed by atoms with Gasteiger partial charge < -0.3 is 10.6 Å². The Labute approximate surface area is 134 Å². The topological polar surface area (TPSA) is 80.0 Å². The van der Waals surface area contributed by atoms with Gasteiger partial charge in [0.25, 0.3) is 5.82 Å². The van der Waals surface area contributed by atoms with Crippen molar-refractivity contribution >= 4 is 17.3 Å². The molecule has 126 valence electrons. The highest BCUT2D eigenvalue weighted by Gasteiger charge is 2.37. The van der Waals surface area contributed by atoms with Crippen LogP contribution in [0.3, 0.4) is 0 Å². The van der Waals surface area contributed by atoms with Crippen molar-refractivity contribution in [2.75, 3.05) is 23.7 Å². The summed E-state index contributed by atoms with van der Waals surface area (Å²) in [4.78, 5) is 4.13. The molecular formula is C14H14F3N7. The van der Waals surface area contributed by atoms with E-state index in [2.05, 4.69) is 30.9 Å². The summed E-state index contributed by atoms with van der Waals surface area (Å²) in [5.41, 5.74) is 0.0460. The predicted octanol–water partition coefficient (Wildman–Crippen LogP) is 2.45. The van der Waals surface area contributed by atoms with Crippen molar-refractivity contribution in [1.29, 1.82) is 0 Å². The van der Waals surface area contributed by atoms with Gasteiger partial charge in [-0.15, -0.1) is 15.3 Å². The van der Waals surface area contributed by atoms with Crippen molar-refractivity contribution < 1.29 is 13.2 Å².